The quantitative estimate of drug-likeness (QED) is 0.392. The van der Waals surface area contributed by atoms with Gasteiger partial charge in [0.15, 0.2) is 0 Å². The lowest BCUT2D eigenvalue weighted by atomic mass is 9.70. The number of nitrogens with zero attached hydrogens (tertiary/aromatic N) is 1. The predicted octanol–water partition coefficient (Wildman–Crippen LogP) is 4.02. The number of hydrogen-bond donors (Lipinski definition) is 2. The largest absolute Gasteiger partial charge is 0.416 e. The first-order valence-electron chi connectivity index (χ1n) is 10.0. The maximum atomic E-state index is 12.7. The van der Waals surface area contributed by atoms with Crippen LogP contribution in [0.1, 0.15) is 45.5 Å². The maximum absolute atomic E-state index is 12.7. The lowest BCUT2D eigenvalue weighted by Crippen LogP contribution is -2.35. The van der Waals surface area contributed by atoms with Crippen LogP contribution in [0, 0.1) is 5.41 Å². The Morgan fingerprint density at radius 2 is 1.90 bits per heavy atom. The van der Waals surface area contributed by atoms with Crippen LogP contribution in [-0.2, 0) is 30.4 Å². The molecule has 2 aromatic rings. The Kier molecular flexibility index (Phi) is 6.81. The molecule has 1 aliphatic rings. The molecule has 0 bridgehead atoms. The summed E-state index contributed by atoms with van der Waals surface area (Å²) in [5.41, 5.74) is 3.50. The van der Waals surface area contributed by atoms with Crippen LogP contribution < -0.4 is 5.48 Å². The van der Waals surface area contributed by atoms with E-state index in [1.165, 1.54) is 12.1 Å². The Bertz CT molecular complexity index is 944. The number of carbonyl (C=O) groups excluding carboxylic acids is 2. The van der Waals surface area contributed by atoms with Gasteiger partial charge < -0.3 is 9.69 Å². The highest BCUT2D eigenvalue weighted by Crippen LogP contribution is 2.37. The molecule has 1 atom stereocenters. The number of hydroxylamine groups is 1. The van der Waals surface area contributed by atoms with Gasteiger partial charge in [-0.15, -0.1) is 0 Å². The molecule has 166 valence electrons. The summed E-state index contributed by atoms with van der Waals surface area (Å²) in [6.45, 7) is 1.08. The van der Waals surface area contributed by atoms with Crippen molar-refractivity contribution in [1.29, 1.82) is 0 Å². The second-order valence-corrected chi connectivity index (χ2v) is 8.26. The molecule has 0 saturated heterocycles. The molecule has 0 fully saturated rings. The van der Waals surface area contributed by atoms with Crippen molar-refractivity contribution >= 4 is 12.2 Å². The predicted molar refractivity (Wildman–Crippen MR) is 109 cm³/mol. The number of fused-ring (bicyclic) bond motifs is 1. The highest BCUT2D eigenvalue weighted by molar-refractivity contribution is 5.93. The molecule has 2 aromatic carbocycles. The fourth-order valence-electron chi connectivity index (χ4n) is 4.07. The second-order valence-electron chi connectivity index (χ2n) is 8.26. The van der Waals surface area contributed by atoms with Crippen molar-refractivity contribution in [3.8, 4) is 0 Å². The van der Waals surface area contributed by atoms with E-state index in [1.54, 1.807) is 17.6 Å². The molecule has 0 aromatic heterocycles. The van der Waals surface area contributed by atoms with Gasteiger partial charge in [-0.3, -0.25) is 10.0 Å². The maximum Gasteiger partial charge on any atom is 0.416 e. The van der Waals surface area contributed by atoms with Crippen molar-refractivity contribution in [2.24, 2.45) is 5.41 Å². The standard InChI is InChI=1S/C23H25F3N2O3/c1-28(14-16-2-6-20(7-3-16)23(24,25)26)11-10-22(15-29)9-8-17-4-5-18(21(30)27-31)12-19(17)13-22/h2-7,12,15,31H,8-11,13-14H2,1H3,(H,27,30)/t22-/m1/s1. The van der Waals surface area contributed by atoms with Crippen molar-refractivity contribution < 1.29 is 28.0 Å². The van der Waals surface area contributed by atoms with E-state index < -0.39 is 23.1 Å². The number of amides is 1. The number of alkyl halides is 3. The molecule has 31 heavy (non-hydrogen) atoms. The van der Waals surface area contributed by atoms with E-state index in [0.717, 1.165) is 41.5 Å². The van der Waals surface area contributed by atoms with Crippen LogP contribution >= 0.6 is 0 Å². The summed E-state index contributed by atoms with van der Waals surface area (Å²) < 4.78 is 38.1. The first kappa shape index (κ1) is 23.0. The second kappa shape index (κ2) is 9.20. The third kappa shape index (κ3) is 5.51. The van der Waals surface area contributed by atoms with Gasteiger partial charge in [-0.05, 0) is 80.2 Å². The number of hydrogen-bond acceptors (Lipinski definition) is 4. The molecule has 0 aliphatic heterocycles. The van der Waals surface area contributed by atoms with E-state index >= 15 is 0 Å². The van der Waals surface area contributed by atoms with Crippen LogP contribution in [-0.4, -0.2) is 35.9 Å². The molecule has 1 aliphatic carbocycles. The van der Waals surface area contributed by atoms with Crippen LogP contribution in [0.15, 0.2) is 42.5 Å². The normalized spacial score (nSPS) is 18.5. The minimum Gasteiger partial charge on any atom is -0.303 e. The highest BCUT2D eigenvalue weighted by Gasteiger charge is 2.34. The third-order valence-electron chi connectivity index (χ3n) is 5.98. The first-order valence-corrected chi connectivity index (χ1v) is 10.0. The summed E-state index contributed by atoms with van der Waals surface area (Å²) in [4.78, 5) is 25.7. The van der Waals surface area contributed by atoms with E-state index in [1.807, 2.05) is 18.0 Å². The number of aldehydes is 1. The minimum absolute atomic E-state index is 0.336. The molecule has 1 amide bonds. The van der Waals surface area contributed by atoms with Crippen LogP contribution in [0.5, 0.6) is 0 Å². The van der Waals surface area contributed by atoms with E-state index in [-0.39, 0.29) is 0 Å². The van der Waals surface area contributed by atoms with Crippen LogP contribution in [0.3, 0.4) is 0 Å². The molecule has 0 unspecified atom stereocenters. The van der Waals surface area contributed by atoms with Crippen molar-refractivity contribution in [1.82, 2.24) is 10.4 Å². The molecule has 0 saturated carbocycles. The van der Waals surface area contributed by atoms with E-state index in [9.17, 15) is 22.8 Å². The van der Waals surface area contributed by atoms with Crippen LogP contribution in [0.25, 0.3) is 0 Å². The monoisotopic (exact) mass is 434 g/mol. The SMILES string of the molecule is CN(CC[C@]1(C=O)CCc2ccc(C(=O)NO)cc2C1)Cc1ccc(C(F)(F)F)cc1. The minimum atomic E-state index is -4.35. The Morgan fingerprint density at radius 3 is 2.52 bits per heavy atom. The summed E-state index contributed by atoms with van der Waals surface area (Å²) in [5.74, 6) is -0.596. The Morgan fingerprint density at radius 1 is 1.19 bits per heavy atom. The molecular formula is C23H25F3N2O3. The van der Waals surface area contributed by atoms with Gasteiger partial charge in [0.05, 0.1) is 5.56 Å². The van der Waals surface area contributed by atoms with Gasteiger partial charge in [-0.2, -0.15) is 13.2 Å². The molecular weight excluding hydrogens is 409 g/mol. The summed E-state index contributed by atoms with van der Waals surface area (Å²) in [6.07, 6.45) is -0.840. The molecule has 0 radical (unpaired) electrons. The average Bonchev–Trinajstić information content (AvgIpc) is 2.76. The van der Waals surface area contributed by atoms with Gasteiger partial charge in [0.1, 0.15) is 6.29 Å². The average molecular weight is 434 g/mol. The lowest BCUT2D eigenvalue weighted by molar-refractivity contribution is -0.137. The lowest BCUT2D eigenvalue weighted by Gasteiger charge is -2.35. The summed E-state index contributed by atoms with van der Waals surface area (Å²) in [7, 11) is 1.87. The zero-order valence-electron chi connectivity index (χ0n) is 17.2. The van der Waals surface area contributed by atoms with Crippen molar-refractivity contribution in [2.45, 2.75) is 38.4 Å². The fourth-order valence-corrected chi connectivity index (χ4v) is 4.07. The summed E-state index contributed by atoms with van der Waals surface area (Å²) in [5, 5.41) is 8.85. The third-order valence-corrected chi connectivity index (χ3v) is 5.98. The van der Waals surface area contributed by atoms with E-state index in [4.69, 9.17) is 5.21 Å². The number of benzene rings is 2. The van der Waals surface area contributed by atoms with E-state index in [2.05, 4.69) is 0 Å². The Labute approximate surface area is 178 Å². The van der Waals surface area contributed by atoms with Crippen molar-refractivity contribution in [3.63, 3.8) is 0 Å². The first-order chi connectivity index (χ1) is 14.7. The summed E-state index contributed by atoms with van der Waals surface area (Å²) >= 11 is 0. The molecule has 2 N–H and O–H groups in total. The van der Waals surface area contributed by atoms with E-state index in [0.29, 0.717) is 37.9 Å². The van der Waals surface area contributed by atoms with Gasteiger partial charge in [-0.25, -0.2) is 5.48 Å². The molecule has 0 spiro atoms. The molecule has 5 nitrogen and oxygen atoms in total. The van der Waals surface area contributed by atoms with Gasteiger partial charge in [0.25, 0.3) is 5.91 Å². The number of aryl methyl sites for hydroxylation is 1. The Balaban J connectivity index is 1.63. The zero-order valence-corrected chi connectivity index (χ0v) is 17.2. The molecule has 8 heteroatoms. The van der Waals surface area contributed by atoms with Crippen molar-refractivity contribution in [2.75, 3.05) is 13.6 Å². The molecule has 0 heterocycles. The van der Waals surface area contributed by atoms with Gasteiger partial charge in [0, 0.05) is 17.5 Å². The number of nitrogens with one attached hydrogen (secondary N) is 1. The summed E-state index contributed by atoms with van der Waals surface area (Å²) in [6, 6.07) is 10.3. The smallest absolute Gasteiger partial charge is 0.303 e. The van der Waals surface area contributed by atoms with Crippen molar-refractivity contribution in [3.05, 3.63) is 70.3 Å². The number of carbonyl (C=O) groups is 2. The topological polar surface area (TPSA) is 69.6 Å². The zero-order chi connectivity index (χ0) is 22.6. The highest BCUT2D eigenvalue weighted by atomic mass is 19.4. The number of rotatable bonds is 7. The van der Waals surface area contributed by atoms with Gasteiger partial charge in [-0.1, -0.05) is 18.2 Å². The van der Waals surface area contributed by atoms with Gasteiger partial charge >= 0.3 is 6.18 Å². The number of halogens is 3. The fraction of sp³-hybridized carbons (Fsp3) is 0.391. The Hall–Kier alpha value is -2.71. The van der Waals surface area contributed by atoms with Crippen LogP contribution in [0.4, 0.5) is 13.2 Å². The van der Waals surface area contributed by atoms with Crippen LogP contribution in [0.2, 0.25) is 0 Å². The van der Waals surface area contributed by atoms with Gasteiger partial charge in [0.2, 0.25) is 0 Å². The molecule has 3 rings (SSSR count).